The Morgan fingerprint density at radius 2 is 1.67 bits per heavy atom. The Labute approximate surface area is 215 Å². The van der Waals surface area contributed by atoms with Crippen LogP contribution < -0.4 is 0 Å². The van der Waals surface area contributed by atoms with Crippen molar-refractivity contribution in [2.24, 2.45) is 50.2 Å². The first-order valence-corrected chi connectivity index (χ1v) is 14.2. The highest BCUT2D eigenvalue weighted by Crippen LogP contribution is 2.76. The zero-order chi connectivity index (χ0) is 26.3. The van der Waals surface area contributed by atoms with Crippen molar-refractivity contribution in [2.45, 2.75) is 111 Å². The van der Waals surface area contributed by atoms with E-state index in [4.69, 9.17) is 4.74 Å². The molecule has 12 atom stereocenters. The lowest BCUT2D eigenvalue weighted by Gasteiger charge is -2.71. The maximum Gasteiger partial charge on any atom is 0.315 e. The molecule has 6 heteroatoms. The number of hydrogen-bond acceptors (Lipinski definition) is 6. The first-order chi connectivity index (χ1) is 16.6. The van der Waals surface area contributed by atoms with E-state index >= 15 is 0 Å². The smallest absolute Gasteiger partial charge is 0.315 e. The predicted molar refractivity (Wildman–Crippen MR) is 135 cm³/mol. The van der Waals surface area contributed by atoms with E-state index in [1.54, 1.807) is 0 Å². The first kappa shape index (κ1) is 25.3. The highest BCUT2D eigenvalue weighted by molar-refractivity contribution is 5.82. The molecule has 6 rings (SSSR count). The third-order valence-electron chi connectivity index (χ3n) is 13.6. The second kappa shape index (κ2) is 7.16. The Kier molecular flexibility index (Phi) is 5.04. The van der Waals surface area contributed by atoms with Crippen LogP contribution in [0.4, 0.5) is 0 Å². The van der Waals surface area contributed by atoms with Gasteiger partial charge in [-0.2, -0.15) is 0 Å². The number of carbonyl (C=O) groups is 1. The number of ether oxygens (including phenoxy) is 1. The molecule has 0 aromatic carbocycles. The van der Waals surface area contributed by atoms with Gasteiger partial charge in [0.05, 0.1) is 24.9 Å². The first-order valence-electron chi connectivity index (χ1n) is 14.2. The second-order valence-corrected chi connectivity index (χ2v) is 15.3. The molecule has 6 nitrogen and oxygen atoms in total. The number of esters is 1. The summed E-state index contributed by atoms with van der Waals surface area (Å²) in [6.07, 6.45) is 4.92. The molecule has 5 fully saturated rings. The zero-order valence-electron chi connectivity index (χ0n) is 22.9. The van der Waals surface area contributed by atoms with Crippen LogP contribution in [0.5, 0.6) is 0 Å². The van der Waals surface area contributed by atoms with Crippen LogP contribution in [0.25, 0.3) is 0 Å². The third kappa shape index (κ3) is 2.61. The average molecular weight is 503 g/mol. The lowest BCUT2D eigenvalue weighted by molar-refractivity contribution is -0.247. The molecule has 1 spiro atoms. The van der Waals surface area contributed by atoms with Crippen molar-refractivity contribution < 1.29 is 30.0 Å². The molecule has 4 N–H and O–H groups in total. The van der Waals surface area contributed by atoms with Crippen LogP contribution in [0, 0.1) is 50.2 Å². The monoisotopic (exact) mass is 502 g/mol. The van der Waals surface area contributed by atoms with E-state index in [0.717, 1.165) is 25.7 Å². The summed E-state index contributed by atoms with van der Waals surface area (Å²) in [5.41, 5.74) is -1.01. The van der Waals surface area contributed by atoms with Gasteiger partial charge >= 0.3 is 5.97 Å². The summed E-state index contributed by atoms with van der Waals surface area (Å²) in [6.45, 7) is 13.2. The van der Waals surface area contributed by atoms with Crippen molar-refractivity contribution >= 4 is 5.97 Å². The molecule has 5 aliphatic carbocycles. The maximum absolute atomic E-state index is 13.4. The van der Waals surface area contributed by atoms with Gasteiger partial charge in [-0.05, 0) is 72.5 Å². The summed E-state index contributed by atoms with van der Waals surface area (Å²) >= 11 is 0. The molecule has 202 valence electrons. The standard InChI is InChI=1S/C30H46O6/c1-25(2)11-17-16-7-8-20-26(3)12-18(32)23(34)27(4,15-31)19(26)9-10-28(20,5)29(16,6)13-21(33)30(17)14-22(25)36-24(30)35/h7,17-23,31-34H,8-15H2,1-6H3/t17?,18-,19+,20+,21-,22-,23-,26-,27-,28+,29+,30?/m0/s1. The summed E-state index contributed by atoms with van der Waals surface area (Å²) in [5.74, 6) is 0.123. The van der Waals surface area contributed by atoms with Gasteiger partial charge in [-0.25, -0.2) is 0 Å². The molecule has 1 saturated heterocycles. The molecule has 0 amide bonds. The molecule has 0 aromatic heterocycles. The van der Waals surface area contributed by atoms with E-state index in [9.17, 15) is 25.2 Å². The lowest BCUT2D eigenvalue weighted by Crippen LogP contribution is -2.69. The largest absolute Gasteiger partial charge is 0.461 e. The van der Waals surface area contributed by atoms with Crippen molar-refractivity contribution in [1.29, 1.82) is 0 Å². The summed E-state index contributed by atoms with van der Waals surface area (Å²) in [6, 6.07) is 0. The van der Waals surface area contributed by atoms with Gasteiger partial charge in [0.2, 0.25) is 0 Å². The molecule has 36 heavy (non-hydrogen) atoms. The Morgan fingerprint density at radius 1 is 0.972 bits per heavy atom. The number of fused-ring (bicyclic) bond motifs is 7. The minimum Gasteiger partial charge on any atom is -0.461 e. The van der Waals surface area contributed by atoms with Gasteiger partial charge in [-0.15, -0.1) is 0 Å². The summed E-state index contributed by atoms with van der Waals surface area (Å²) in [5, 5.41) is 44.2. The number of aliphatic hydroxyl groups is 4. The highest BCUT2D eigenvalue weighted by atomic mass is 16.6. The van der Waals surface area contributed by atoms with Gasteiger partial charge in [0.1, 0.15) is 11.5 Å². The van der Waals surface area contributed by atoms with Gasteiger partial charge in [-0.3, -0.25) is 4.79 Å². The number of aliphatic hydroxyl groups excluding tert-OH is 4. The minimum absolute atomic E-state index is 0.0164. The van der Waals surface area contributed by atoms with E-state index in [-0.39, 0.29) is 58.1 Å². The van der Waals surface area contributed by atoms with Crippen molar-refractivity contribution in [2.75, 3.05) is 6.61 Å². The number of hydrogen-bond donors (Lipinski definition) is 4. The molecule has 2 unspecified atom stereocenters. The fraction of sp³-hybridized carbons (Fsp3) is 0.900. The van der Waals surface area contributed by atoms with Crippen molar-refractivity contribution in [3.8, 4) is 0 Å². The molecule has 4 saturated carbocycles. The Hall–Kier alpha value is -0.950. The SMILES string of the molecule is CC1(C)CC2C3=CC[C@@H]4[C@@]5(C)C[C@H](O)[C@H](O)[C@@](C)(CO)[C@@H]5CC[C@@]4(C)[C@]3(C)C[C@H](O)C23C[C@@H]1OC3=O. The topological polar surface area (TPSA) is 107 Å². The molecule has 1 heterocycles. The molecule has 6 aliphatic rings. The highest BCUT2D eigenvalue weighted by Gasteiger charge is 2.74. The molecule has 0 aromatic rings. The Bertz CT molecular complexity index is 1020. The fourth-order valence-corrected chi connectivity index (χ4v) is 11.3. The molecule has 2 bridgehead atoms. The van der Waals surface area contributed by atoms with Crippen molar-refractivity contribution in [3.05, 3.63) is 11.6 Å². The van der Waals surface area contributed by atoms with Gasteiger partial charge in [0, 0.05) is 17.3 Å². The predicted octanol–water partition coefficient (Wildman–Crippen LogP) is 3.60. The van der Waals surface area contributed by atoms with Crippen LogP contribution in [0.1, 0.15) is 86.5 Å². The van der Waals surface area contributed by atoms with Gasteiger partial charge < -0.3 is 25.2 Å². The van der Waals surface area contributed by atoms with Crippen LogP contribution in [0.3, 0.4) is 0 Å². The van der Waals surface area contributed by atoms with Crippen LogP contribution in [-0.4, -0.2) is 57.4 Å². The molecular weight excluding hydrogens is 456 g/mol. The van der Waals surface area contributed by atoms with Crippen LogP contribution in [0.2, 0.25) is 0 Å². The van der Waals surface area contributed by atoms with E-state index in [0.29, 0.717) is 19.3 Å². The third-order valence-corrected chi connectivity index (χ3v) is 13.6. The fourth-order valence-electron chi connectivity index (χ4n) is 11.3. The second-order valence-electron chi connectivity index (χ2n) is 15.3. The van der Waals surface area contributed by atoms with Gasteiger partial charge in [0.25, 0.3) is 0 Å². The maximum atomic E-state index is 13.4. The molecule has 0 radical (unpaired) electrons. The van der Waals surface area contributed by atoms with E-state index < -0.39 is 29.1 Å². The van der Waals surface area contributed by atoms with E-state index in [2.05, 4.69) is 40.7 Å². The van der Waals surface area contributed by atoms with Crippen LogP contribution in [-0.2, 0) is 9.53 Å². The van der Waals surface area contributed by atoms with Crippen molar-refractivity contribution in [1.82, 2.24) is 0 Å². The number of carbonyl (C=O) groups excluding carboxylic acids is 1. The quantitative estimate of drug-likeness (QED) is 0.322. The zero-order valence-corrected chi connectivity index (χ0v) is 22.9. The Balaban J connectivity index is 1.47. The summed E-state index contributed by atoms with van der Waals surface area (Å²) in [4.78, 5) is 13.4. The number of rotatable bonds is 1. The van der Waals surface area contributed by atoms with E-state index in [1.165, 1.54) is 5.57 Å². The van der Waals surface area contributed by atoms with E-state index in [1.807, 2.05) is 6.92 Å². The average Bonchev–Trinajstić information content (AvgIpc) is 3.11. The number of allylic oxidation sites excluding steroid dienone is 2. The van der Waals surface area contributed by atoms with Crippen LogP contribution >= 0.6 is 0 Å². The van der Waals surface area contributed by atoms with Crippen LogP contribution in [0.15, 0.2) is 11.6 Å². The van der Waals surface area contributed by atoms with Gasteiger partial charge in [0.15, 0.2) is 0 Å². The van der Waals surface area contributed by atoms with Crippen molar-refractivity contribution in [3.63, 3.8) is 0 Å². The summed E-state index contributed by atoms with van der Waals surface area (Å²) in [7, 11) is 0. The minimum atomic E-state index is -0.933. The normalized spacial score (nSPS) is 59.1. The van der Waals surface area contributed by atoms with Gasteiger partial charge in [-0.1, -0.05) is 53.2 Å². The molecule has 1 aliphatic heterocycles. The lowest BCUT2D eigenvalue weighted by atomic mass is 9.33. The Morgan fingerprint density at radius 3 is 2.33 bits per heavy atom. The molecular formula is C30H46O6. The summed E-state index contributed by atoms with van der Waals surface area (Å²) < 4.78 is 5.92.